The molecule has 1 saturated heterocycles. The van der Waals surface area contributed by atoms with Gasteiger partial charge in [-0.2, -0.15) is 9.97 Å². The number of ether oxygens (including phenoxy) is 1. The van der Waals surface area contributed by atoms with E-state index in [-0.39, 0.29) is 23.3 Å². The lowest BCUT2D eigenvalue weighted by Gasteiger charge is -2.49. The van der Waals surface area contributed by atoms with E-state index >= 15 is 0 Å². The number of nitrogen functional groups attached to an aromatic ring is 1. The minimum absolute atomic E-state index is 0.0718. The summed E-state index contributed by atoms with van der Waals surface area (Å²) < 4.78 is 32.3. The van der Waals surface area contributed by atoms with E-state index in [1.165, 1.54) is 0 Å². The van der Waals surface area contributed by atoms with Crippen LogP contribution in [0.3, 0.4) is 0 Å². The van der Waals surface area contributed by atoms with Crippen LogP contribution in [-0.2, 0) is 18.0 Å². The minimum Gasteiger partial charge on any atom is -0.413 e. The van der Waals surface area contributed by atoms with Gasteiger partial charge in [0.25, 0.3) is 0 Å². The Bertz CT molecular complexity index is 1340. The number of imidazole rings is 1. The van der Waals surface area contributed by atoms with Gasteiger partial charge in [-0.25, -0.2) is 4.98 Å². The third kappa shape index (κ3) is 7.70. The van der Waals surface area contributed by atoms with Crippen LogP contribution < -0.4 is 5.73 Å². The van der Waals surface area contributed by atoms with E-state index in [1.807, 2.05) is 4.57 Å². The Kier molecular flexibility index (Phi) is 14.5. The molecule has 50 heavy (non-hydrogen) atoms. The van der Waals surface area contributed by atoms with E-state index in [4.69, 9.17) is 35.3 Å². The Morgan fingerprint density at radius 2 is 1.06 bits per heavy atom. The van der Waals surface area contributed by atoms with Crippen molar-refractivity contribution in [2.24, 2.45) is 0 Å². The number of hydrogen-bond donors (Lipinski definition) is 1. The normalized spacial score (nSPS) is 21.4. The van der Waals surface area contributed by atoms with Crippen molar-refractivity contribution in [3.05, 3.63) is 11.6 Å². The second-order valence-electron chi connectivity index (χ2n) is 17.7. The topological polar surface area (TPSA) is 107 Å². The lowest BCUT2D eigenvalue weighted by Crippen LogP contribution is -2.58. The van der Waals surface area contributed by atoms with Crippen molar-refractivity contribution in [1.82, 2.24) is 19.5 Å². The van der Waals surface area contributed by atoms with Crippen LogP contribution in [0.5, 0.6) is 0 Å². The smallest absolute Gasteiger partial charge is 0.226 e. The Morgan fingerprint density at radius 1 is 0.660 bits per heavy atom. The molecule has 0 amide bonds. The average Bonchev–Trinajstić information content (AvgIpc) is 3.53. The van der Waals surface area contributed by atoms with Crippen molar-refractivity contribution in [2.75, 3.05) is 12.3 Å². The van der Waals surface area contributed by atoms with Gasteiger partial charge in [0.2, 0.25) is 21.9 Å². The fourth-order valence-electron chi connectivity index (χ4n) is 10.4. The molecule has 1 aliphatic rings. The number of hydrogen-bond acceptors (Lipinski definition) is 8. The van der Waals surface area contributed by atoms with Gasteiger partial charge in [-0.05, 0) is 61.5 Å². The molecule has 4 atom stereocenters. The Balaban J connectivity index is 2.38. The molecule has 0 aliphatic carbocycles. The van der Waals surface area contributed by atoms with Gasteiger partial charge < -0.3 is 23.7 Å². The first-order valence-corrected chi connectivity index (χ1v) is 26.1. The summed E-state index contributed by atoms with van der Waals surface area (Å²) >= 11 is 6.42. The summed E-state index contributed by atoms with van der Waals surface area (Å²) in [6.07, 6.45) is -0.0112. The second-order valence-corrected chi connectivity index (χ2v) is 34.3. The fraction of sp³-hybridized carbons (Fsp3) is 0.865. The summed E-state index contributed by atoms with van der Waals surface area (Å²) in [7, 11) is -7.16. The summed E-state index contributed by atoms with van der Waals surface area (Å²) in [6.45, 7) is 42.5. The highest BCUT2D eigenvalue weighted by Gasteiger charge is 2.59. The first kappa shape index (κ1) is 43.5. The van der Waals surface area contributed by atoms with Gasteiger partial charge in [0.15, 0.2) is 26.0 Å². The third-order valence-electron chi connectivity index (χ3n) is 12.3. The number of fused-ring (bicyclic) bond motifs is 1. The zero-order valence-corrected chi connectivity index (χ0v) is 38.4. The van der Waals surface area contributed by atoms with Gasteiger partial charge in [-0.1, -0.05) is 125 Å². The first-order chi connectivity index (χ1) is 23.0. The summed E-state index contributed by atoms with van der Waals surface area (Å²) in [4.78, 5) is 13.5. The predicted octanol–water partition coefficient (Wildman–Crippen LogP) is 11.3. The highest BCUT2D eigenvalue weighted by atomic mass is 35.5. The van der Waals surface area contributed by atoms with E-state index in [0.29, 0.717) is 67.6 Å². The largest absolute Gasteiger partial charge is 0.413 e. The van der Waals surface area contributed by atoms with E-state index in [1.54, 1.807) is 6.33 Å². The van der Waals surface area contributed by atoms with Gasteiger partial charge in [0.05, 0.1) is 12.9 Å². The predicted molar refractivity (Wildman–Crippen MR) is 217 cm³/mol. The van der Waals surface area contributed by atoms with Gasteiger partial charge in [0.1, 0.15) is 23.8 Å². The van der Waals surface area contributed by atoms with Crippen molar-refractivity contribution in [2.45, 2.75) is 199 Å². The lowest BCUT2D eigenvalue weighted by molar-refractivity contribution is -0.0479. The Labute approximate surface area is 312 Å². The molecule has 2 aromatic rings. The zero-order valence-electron chi connectivity index (χ0n) is 34.7. The van der Waals surface area contributed by atoms with Gasteiger partial charge in [-0.15, -0.1) is 0 Å². The monoisotopic (exact) mass is 769 g/mol. The molecular formula is C37H72ClN5O4Si3. The molecule has 9 nitrogen and oxygen atoms in total. The molecule has 0 spiro atoms. The summed E-state index contributed by atoms with van der Waals surface area (Å²) in [6, 6.07) is 0. The zero-order chi connectivity index (χ0) is 38.3. The highest BCUT2D eigenvalue weighted by Crippen LogP contribution is 2.51. The molecule has 1 aliphatic heterocycles. The highest BCUT2D eigenvalue weighted by molar-refractivity contribution is 6.78. The average molecular weight is 771 g/mol. The summed E-state index contributed by atoms with van der Waals surface area (Å²) in [5.41, 5.74) is 10.9. The SMILES string of the molecule is CC(C)[Si](OC[C@H]1O[C@@H](n2cnc3c(N)nc(Cl)nc32)[C@H](O[Si](C(C)C)(C(C)C)C(C)C)[C@@H]1O[Si](C(C)C)(C(C)C)C(C)C)(C(C)C)C(C)C. The maximum absolute atomic E-state index is 7.86. The van der Waals surface area contributed by atoms with Crippen LogP contribution in [0.25, 0.3) is 11.2 Å². The number of anilines is 1. The van der Waals surface area contributed by atoms with E-state index in [9.17, 15) is 0 Å². The van der Waals surface area contributed by atoms with E-state index in [0.717, 1.165) is 0 Å². The summed E-state index contributed by atoms with van der Waals surface area (Å²) in [5, 5.41) is 0.0718. The Morgan fingerprint density at radius 3 is 1.46 bits per heavy atom. The van der Waals surface area contributed by atoms with Gasteiger partial charge >= 0.3 is 0 Å². The van der Waals surface area contributed by atoms with Crippen molar-refractivity contribution in [3.8, 4) is 0 Å². The molecule has 0 unspecified atom stereocenters. The second kappa shape index (κ2) is 16.7. The standard InChI is InChI=1S/C37H72ClN5O4Si3/c1-21(2)48(22(3)4,23(5)6)44-19-30-32(46-49(24(7)8,25(9)10)26(11)12)33(47-50(27(13)14,28(15)16)29(17)18)36(45-30)43-20-40-31-34(39)41-37(38)42-35(31)43/h20-30,32-33,36H,19H2,1-18H3,(H2,39,41,42)/t30-,32-,33-,36-/m1/s1. The number of rotatable bonds is 17. The number of aromatic nitrogens is 4. The molecule has 0 saturated carbocycles. The molecule has 2 N–H and O–H groups in total. The maximum Gasteiger partial charge on any atom is 0.226 e. The van der Waals surface area contributed by atoms with Gasteiger partial charge in [0, 0.05) is 0 Å². The van der Waals surface area contributed by atoms with Crippen molar-refractivity contribution in [1.29, 1.82) is 0 Å². The molecule has 288 valence electrons. The molecule has 2 aromatic heterocycles. The third-order valence-corrected chi connectivity index (χ3v) is 30.7. The quantitative estimate of drug-likeness (QED) is 0.125. The molecule has 3 heterocycles. The van der Waals surface area contributed by atoms with Crippen LogP contribution >= 0.6 is 11.6 Å². The molecule has 1 fully saturated rings. The van der Waals surface area contributed by atoms with Crippen LogP contribution in [0.1, 0.15) is 131 Å². The maximum atomic E-state index is 7.86. The number of nitrogens with zero attached hydrogens (tertiary/aromatic N) is 4. The lowest BCUT2D eigenvalue weighted by atomic mass is 10.1. The van der Waals surface area contributed by atoms with Crippen molar-refractivity contribution in [3.63, 3.8) is 0 Å². The first-order valence-electron chi connectivity index (χ1n) is 19.3. The molecule has 0 aromatic carbocycles. The fourth-order valence-corrected chi connectivity index (χ4v) is 27.2. The van der Waals surface area contributed by atoms with Crippen molar-refractivity contribution >= 4 is 53.5 Å². The van der Waals surface area contributed by atoms with Crippen LogP contribution in [0, 0.1) is 0 Å². The minimum atomic E-state index is -2.47. The molecule has 0 bridgehead atoms. The van der Waals surface area contributed by atoms with Crippen molar-refractivity contribution < 1.29 is 18.0 Å². The van der Waals surface area contributed by atoms with E-state index < -0.39 is 37.3 Å². The number of halogens is 1. The van der Waals surface area contributed by atoms with E-state index in [2.05, 4.69) is 140 Å². The molecule has 3 rings (SSSR count). The molecule has 13 heteroatoms. The molecule has 0 radical (unpaired) electrons. The summed E-state index contributed by atoms with van der Waals surface area (Å²) in [5.74, 6) is 0.240. The van der Waals surface area contributed by atoms with Crippen LogP contribution in [0.4, 0.5) is 5.82 Å². The van der Waals surface area contributed by atoms with Crippen LogP contribution in [0.15, 0.2) is 6.33 Å². The number of nitrogens with two attached hydrogens (primary N) is 1. The van der Waals surface area contributed by atoms with Gasteiger partial charge in [-0.3, -0.25) is 4.57 Å². The van der Waals surface area contributed by atoms with Crippen LogP contribution in [-0.4, -0.2) is 69.4 Å². The van der Waals surface area contributed by atoms with Crippen LogP contribution in [0.2, 0.25) is 55.2 Å². The molecular weight excluding hydrogens is 698 g/mol. The Hall–Kier alpha value is -0.869.